The van der Waals surface area contributed by atoms with Crippen LogP contribution in [-0.4, -0.2) is 29.1 Å². The normalized spacial score (nSPS) is 12.3. The average Bonchev–Trinajstić information content (AvgIpc) is 2.35. The number of rotatable bonds is 5. The molecule has 0 aliphatic carbocycles. The zero-order valence-electron chi connectivity index (χ0n) is 11.8. The summed E-state index contributed by atoms with van der Waals surface area (Å²) in [5.41, 5.74) is -1.23. The number of nitrogens with zero attached hydrogens (tertiary/aromatic N) is 2. The number of nitro groups is 1. The molecule has 0 saturated carbocycles. The van der Waals surface area contributed by atoms with Crippen molar-refractivity contribution in [3.8, 4) is 0 Å². The molecule has 0 heterocycles. The molecule has 0 bridgehead atoms. The van der Waals surface area contributed by atoms with E-state index in [0.29, 0.717) is 6.07 Å². The molecule has 1 aromatic carbocycles. The Morgan fingerprint density at radius 2 is 1.95 bits per heavy atom. The van der Waals surface area contributed by atoms with E-state index in [2.05, 4.69) is 0 Å². The van der Waals surface area contributed by atoms with Crippen LogP contribution in [0.5, 0.6) is 0 Å². The molecule has 0 aliphatic heterocycles. The molecule has 0 aliphatic rings. The van der Waals surface area contributed by atoms with Gasteiger partial charge in [0.2, 0.25) is 0 Å². The van der Waals surface area contributed by atoms with Crippen LogP contribution in [0.4, 0.5) is 15.8 Å². The van der Waals surface area contributed by atoms with Crippen LogP contribution < -0.4 is 4.90 Å². The highest BCUT2D eigenvalue weighted by atomic mass is 19.1. The number of hydrogen-bond donors (Lipinski definition) is 1. The van der Waals surface area contributed by atoms with Gasteiger partial charge < -0.3 is 10.0 Å². The van der Waals surface area contributed by atoms with Crippen molar-refractivity contribution in [2.24, 2.45) is 5.92 Å². The molecule has 6 nitrogen and oxygen atoms in total. The van der Waals surface area contributed by atoms with Gasteiger partial charge in [0.05, 0.1) is 16.7 Å². The molecule has 0 fully saturated rings. The number of nitro benzene ring substituents is 1. The van der Waals surface area contributed by atoms with Crippen LogP contribution in [0.1, 0.15) is 31.1 Å². The first-order valence-electron chi connectivity index (χ1n) is 6.10. The molecule has 1 rings (SSSR count). The summed E-state index contributed by atoms with van der Waals surface area (Å²) in [4.78, 5) is 22.5. The summed E-state index contributed by atoms with van der Waals surface area (Å²) < 4.78 is 14.0. The fourth-order valence-corrected chi connectivity index (χ4v) is 1.81. The van der Waals surface area contributed by atoms with Gasteiger partial charge in [0.25, 0.3) is 5.69 Å². The molecule has 1 unspecified atom stereocenters. The predicted octanol–water partition coefficient (Wildman–Crippen LogP) is 2.91. The van der Waals surface area contributed by atoms with Gasteiger partial charge in [-0.05, 0) is 18.9 Å². The summed E-state index contributed by atoms with van der Waals surface area (Å²) >= 11 is 0. The van der Waals surface area contributed by atoms with Gasteiger partial charge >= 0.3 is 5.97 Å². The highest BCUT2D eigenvalue weighted by molar-refractivity contribution is 5.93. The van der Waals surface area contributed by atoms with E-state index in [1.165, 1.54) is 0 Å². The monoisotopic (exact) mass is 284 g/mol. The third kappa shape index (κ3) is 3.04. The number of halogens is 1. The van der Waals surface area contributed by atoms with Crippen molar-refractivity contribution in [1.82, 2.24) is 0 Å². The summed E-state index contributed by atoms with van der Waals surface area (Å²) in [6, 6.07) is 1.62. The molecule has 1 N–H and O–H groups in total. The summed E-state index contributed by atoms with van der Waals surface area (Å²) in [5, 5.41) is 19.8. The van der Waals surface area contributed by atoms with Gasteiger partial charge in [0.1, 0.15) is 5.56 Å². The fourth-order valence-electron chi connectivity index (χ4n) is 1.81. The van der Waals surface area contributed by atoms with Crippen LogP contribution in [0.2, 0.25) is 0 Å². The lowest BCUT2D eigenvalue weighted by Gasteiger charge is -2.30. The van der Waals surface area contributed by atoms with Crippen molar-refractivity contribution >= 4 is 17.3 Å². The molecule has 20 heavy (non-hydrogen) atoms. The second-order valence-electron chi connectivity index (χ2n) is 4.98. The molecule has 110 valence electrons. The van der Waals surface area contributed by atoms with Crippen molar-refractivity contribution in [2.75, 3.05) is 11.9 Å². The molecule has 0 amide bonds. The fraction of sp³-hybridized carbons (Fsp3) is 0.462. The van der Waals surface area contributed by atoms with E-state index < -0.39 is 28.0 Å². The van der Waals surface area contributed by atoms with E-state index in [9.17, 15) is 19.3 Å². The van der Waals surface area contributed by atoms with Crippen molar-refractivity contribution in [2.45, 2.75) is 26.8 Å². The van der Waals surface area contributed by atoms with Crippen molar-refractivity contribution in [3.05, 3.63) is 33.6 Å². The van der Waals surface area contributed by atoms with Crippen LogP contribution in [0.15, 0.2) is 12.1 Å². The number of carboxylic acids is 1. The Hall–Kier alpha value is -2.18. The highest BCUT2D eigenvalue weighted by Gasteiger charge is 2.26. The third-order valence-electron chi connectivity index (χ3n) is 3.45. The van der Waals surface area contributed by atoms with Gasteiger partial charge in [0, 0.05) is 13.1 Å². The van der Waals surface area contributed by atoms with Crippen LogP contribution in [0.25, 0.3) is 0 Å². The Labute approximate surface area is 116 Å². The Morgan fingerprint density at radius 1 is 1.40 bits per heavy atom. The van der Waals surface area contributed by atoms with E-state index in [4.69, 9.17) is 5.11 Å². The number of carboxylic acid groups (broad SMARTS) is 1. The van der Waals surface area contributed by atoms with E-state index in [-0.39, 0.29) is 17.6 Å². The first-order chi connectivity index (χ1) is 9.16. The molecule has 0 spiro atoms. The third-order valence-corrected chi connectivity index (χ3v) is 3.45. The number of anilines is 1. The topological polar surface area (TPSA) is 83.7 Å². The van der Waals surface area contributed by atoms with Gasteiger partial charge in [-0.25, -0.2) is 9.18 Å². The van der Waals surface area contributed by atoms with Crippen LogP contribution in [0, 0.1) is 21.8 Å². The summed E-state index contributed by atoms with van der Waals surface area (Å²) in [7, 11) is 1.63. The van der Waals surface area contributed by atoms with E-state index >= 15 is 0 Å². The van der Waals surface area contributed by atoms with Crippen LogP contribution >= 0.6 is 0 Å². The largest absolute Gasteiger partial charge is 0.477 e. The zero-order valence-corrected chi connectivity index (χ0v) is 11.8. The molecular weight excluding hydrogens is 267 g/mol. The highest BCUT2D eigenvalue weighted by Crippen LogP contribution is 2.30. The molecule has 7 heteroatoms. The minimum Gasteiger partial charge on any atom is -0.477 e. The van der Waals surface area contributed by atoms with Crippen molar-refractivity contribution in [1.29, 1.82) is 0 Å². The average molecular weight is 284 g/mol. The van der Waals surface area contributed by atoms with Crippen molar-refractivity contribution < 1.29 is 19.2 Å². The molecule has 0 saturated heterocycles. The Kier molecular flexibility index (Phi) is 4.65. The lowest BCUT2D eigenvalue weighted by Crippen LogP contribution is -2.34. The molecule has 1 aromatic rings. The number of carbonyl (C=O) groups is 1. The predicted molar refractivity (Wildman–Crippen MR) is 72.7 cm³/mol. The molecule has 0 aromatic heterocycles. The standard InChI is InChI=1S/C13H17FN2O4/c1-7(2)8(3)15(4)12-5-9(13(17)18)11(16(19)20)6-10(12)14/h5-8H,1-4H3,(H,17,18). The van der Waals surface area contributed by atoms with E-state index in [0.717, 1.165) is 6.07 Å². The van der Waals surface area contributed by atoms with E-state index in [1.807, 2.05) is 20.8 Å². The Bertz CT molecular complexity index is 545. The first kappa shape index (κ1) is 15.9. The maximum atomic E-state index is 14.0. The summed E-state index contributed by atoms with van der Waals surface area (Å²) in [5.74, 6) is -2.05. The smallest absolute Gasteiger partial charge is 0.342 e. The van der Waals surface area contributed by atoms with Crippen molar-refractivity contribution in [3.63, 3.8) is 0 Å². The molecule has 0 radical (unpaired) electrons. The van der Waals surface area contributed by atoms with E-state index in [1.54, 1.807) is 11.9 Å². The van der Waals surface area contributed by atoms with Gasteiger partial charge in [0.15, 0.2) is 5.82 Å². The quantitative estimate of drug-likeness (QED) is 0.664. The van der Waals surface area contributed by atoms with Gasteiger partial charge in [-0.1, -0.05) is 13.8 Å². The maximum absolute atomic E-state index is 14.0. The minimum atomic E-state index is -1.46. The van der Waals surface area contributed by atoms with Gasteiger partial charge in [-0.2, -0.15) is 0 Å². The number of hydrogen-bond acceptors (Lipinski definition) is 4. The molecule has 1 atom stereocenters. The second-order valence-corrected chi connectivity index (χ2v) is 4.98. The van der Waals surface area contributed by atoms with Crippen LogP contribution in [0.3, 0.4) is 0 Å². The Morgan fingerprint density at radius 3 is 2.35 bits per heavy atom. The first-order valence-corrected chi connectivity index (χ1v) is 6.10. The number of benzene rings is 1. The van der Waals surface area contributed by atoms with Gasteiger partial charge in [-0.3, -0.25) is 10.1 Å². The molecular formula is C13H17FN2O4. The maximum Gasteiger partial charge on any atom is 0.342 e. The second kappa shape index (κ2) is 5.85. The zero-order chi connectivity index (χ0) is 15.6. The summed E-state index contributed by atoms with van der Waals surface area (Å²) in [6.45, 7) is 5.76. The van der Waals surface area contributed by atoms with Gasteiger partial charge in [-0.15, -0.1) is 0 Å². The lowest BCUT2D eigenvalue weighted by atomic mass is 10.0. The minimum absolute atomic E-state index is 0.0363. The lowest BCUT2D eigenvalue weighted by molar-refractivity contribution is -0.385. The number of aromatic carboxylic acids is 1. The Balaban J connectivity index is 3.39. The SMILES string of the molecule is CC(C)C(C)N(C)c1cc(C(=O)O)c([N+](=O)[O-])cc1F. The van der Waals surface area contributed by atoms with Crippen LogP contribution in [-0.2, 0) is 0 Å². The summed E-state index contributed by atoms with van der Waals surface area (Å²) in [6.07, 6.45) is 0.